The van der Waals surface area contributed by atoms with Crippen LogP contribution in [-0.4, -0.2) is 34.8 Å². The number of halogens is 2. The van der Waals surface area contributed by atoms with Crippen molar-refractivity contribution in [3.8, 4) is 0 Å². The van der Waals surface area contributed by atoms with Crippen molar-refractivity contribution in [2.45, 2.75) is 19.8 Å². The van der Waals surface area contributed by atoms with Crippen molar-refractivity contribution in [2.75, 3.05) is 18.4 Å². The first-order valence-corrected chi connectivity index (χ1v) is 8.42. The Bertz CT molecular complexity index is 824. The van der Waals surface area contributed by atoms with Crippen LogP contribution >= 0.6 is 0 Å². The summed E-state index contributed by atoms with van der Waals surface area (Å²) in [5, 5.41) is 2.74. The normalized spacial score (nSPS) is 17.0. The molecule has 1 aromatic carbocycles. The molecule has 3 rings (SSSR count). The molecular weight excluding hydrogens is 340 g/mol. The summed E-state index contributed by atoms with van der Waals surface area (Å²) in [5.74, 6) is -2.27. The number of pyridine rings is 1. The first kappa shape index (κ1) is 18.0. The molecule has 1 atom stereocenters. The third-order valence-electron chi connectivity index (χ3n) is 4.40. The van der Waals surface area contributed by atoms with Crippen molar-refractivity contribution in [3.63, 3.8) is 0 Å². The van der Waals surface area contributed by atoms with Gasteiger partial charge in [-0.2, -0.15) is 0 Å². The van der Waals surface area contributed by atoms with E-state index in [9.17, 15) is 18.4 Å². The Morgan fingerprint density at radius 1 is 1.23 bits per heavy atom. The zero-order chi connectivity index (χ0) is 18.7. The van der Waals surface area contributed by atoms with Crippen LogP contribution in [0.2, 0.25) is 0 Å². The summed E-state index contributed by atoms with van der Waals surface area (Å²) in [5.41, 5.74) is 0.667. The second kappa shape index (κ2) is 7.59. The van der Waals surface area contributed by atoms with Crippen LogP contribution in [0.25, 0.3) is 0 Å². The summed E-state index contributed by atoms with van der Waals surface area (Å²) in [6.07, 6.45) is 2.88. The number of rotatable bonds is 3. The van der Waals surface area contributed by atoms with Gasteiger partial charge in [0.1, 0.15) is 17.5 Å². The van der Waals surface area contributed by atoms with Gasteiger partial charge in [-0.15, -0.1) is 0 Å². The highest BCUT2D eigenvalue weighted by Gasteiger charge is 2.30. The summed E-state index contributed by atoms with van der Waals surface area (Å²) >= 11 is 0. The number of amides is 2. The number of carbonyl (C=O) groups is 2. The molecule has 1 aliphatic heterocycles. The highest BCUT2D eigenvalue weighted by molar-refractivity contribution is 5.96. The lowest BCUT2D eigenvalue weighted by molar-refractivity contribution is -0.121. The van der Waals surface area contributed by atoms with Crippen LogP contribution in [0.5, 0.6) is 0 Å². The smallest absolute Gasteiger partial charge is 0.256 e. The molecule has 1 aliphatic rings. The van der Waals surface area contributed by atoms with Crippen LogP contribution < -0.4 is 5.32 Å². The molecule has 1 saturated heterocycles. The molecule has 0 bridgehead atoms. The SMILES string of the molecule is Cc1ccc(NC(=O)C2CCCN(C(=O)c3cc(F)ccc3F)C2)nc1. The molecule has 1 unspecified atom stereocenters. The molecule has 2 amide bonds. The molecule has 0 aliphatic carbocycles. The fourth-order valence-electron chi connectivity index (χ4n) is 2.98. The molecule has 2 heterocycles. The predicted octanol–water partition coefficient (Wildman–Crippen LogP) is 3.16. The van der Waals surface area contributed by atoms with E-state index in [0.29, 0.717) is 25.2 Å². The number of hydrogen-bond donors (Lipinski definition) is 1. The highest BCUT2D eigenvalue weighted by atomic mass is 19.1. The minimum absolute atomic E-state index is 0.159. The molecule has 1 aromatic heterocycles. The quantitative estimate of drug-likeness (QED) is 0.916. The van der Waals surface area contributed by atoms with E-state index in [4.69, 9.17) is 0 Å². The van der Waals surface area contributed by atoms with Gasteiger partial charge in [-0.3, -0.25) is 9.59 Å². The van der Waals surface area contributed by atoms with Gasteiger partial charge in [-0.25, -0.2) is 13.8 Å². The Morgan fingerprint density at radius 3 is 2.77 bits per heavy atom. The summed E-state index contributed by atoms with van der Waals surface area (Å²) in [6.45, 7) is 2.46. The highest BCUT2D eigenvalue weighted by Crippen LogP contribution is 2.21. The van der Waals surface area contributed by atoms with E-state index in [2.05, 4.69) is 10.3 Å². The monoisotopic (exact) mass is 359 g/mol. The van der Waals surface area contributed by atoms with Gasteiger partial charge in [0.25, 0.3) is 5.91 Å². The number of nitrogens with zero attached hydrogens (tertiary/aromatic N) is 2. The molecular formula is C19H19F2N3O2. The topological polar surface area (TPSA) is 62.3 Å². The fraction of sp³-hybridized carbons (Fsp3) is 0.316. The van der Waals surface area contributed by atoms with Crippen LogP contribution in [0.4, 0.5) is 14.6 Å². The van der Waals surface area contributed by atoms with E-state index < -0.39 is 23.5 Å². The number of likely N-dealkylation sites (tertiary alicyclic amines) is 1. The maximum atomic E-state index is 13.8. The van der Waals surface area contributed by atoms with E-state index in [1.54, 1.807) is 12.3 Å². The van der Waals surface area contributed by atoms with Crippen molar-refractivity contribution in [3.05, 3.63) is 59.3 Å². The van der Waals surface area contributed by atoms with Crippen LogP contribution in [0.1, 0.15) is 28.8 Å². The third-order valence-corrected chi connectivity index (χ3v) is 4.40. The van der Waals surface area contributed by atoms with Gasteiger partial charge in [0, 0.05) is 19.3 Å². The van der Waals surface area contributed by atoms with Crippen molar-refractivity contribution in [2.24, 2.45) is 5.92 Å². The van der Waals surface area contributed by atoms with E-state index in [1.807, 2.05) is 13.0 Å². The molecule has 0 radical (unpaired) electrons. The van der Waals surface area contributed by atoms with E-state index in [-0.39, 0.29) is 18.0 Å². The predicted molar refractivity (Wildman–Crippen MR) is 92.6 cm³/mol. The average molecular weight is 359 g/mol. The summed E-state index contributed by atoms with van der Waals surface area (Å²) in [7, 11) is 0. The van der Waals surface area contributed by atoms with Crippen molar-refractivity contribution in [1.82, 2.24) is 9.88 Å². The Balaban J connectivity index is 1.68. The second-order valence-electron chi connectivity index (χ2n) is 6.42. The third kappa shape index (κ3) is 4.04. The van der Waals surface area contributed by atoms with Gasteiger partial charge < -0.3 is 10.2 Å². The molecule has 136 valence electrons. The zero-order valence-electron chi connectivity index (χ0n) is 14.3. The number of hydrogen-bond acceptors (Lipinski definition) is 3. The first-order valence-electron chi connectivity index (χ1n) is 8.42. The van der Waals surface area contributed by atoms with Crippen LogP contribution in [-0.2, 0) is 4.79 Å². The van der Waals surface area contributed by atoms with E-state index >= 15 is 0 Å². The molecule has 0 saturated carbocycles. The van der Waals surface area contributed by atoms with Gasteiger partial charge in [0.05, 0.1) is 11.5 Å². The second-order valence-corrected chi connectivity index (χ2v) is 6.42. The summed E-state index contributed by atoms with van der Waals surface area (Å²) in [4.78, 5) is 30.5. The lowest BCUT2D eigenvalue weighted by atomic mass is 9.96. The average Bonchev–Trinajstić information content (AvgIpc) is 2.65. The minimum Gasteiger partial charge on any atom is -0.338 e. The van der Waals surface area contributed by atoms with Crippen molar-refractivity contribution >= 4 is 17.6 Å². The summed E-state index contributed by atoms with van der Waals surface area (Å²) < 4.78 is 27.2. The largest absolute Gasteiger partial charge is 0.338 e. The van der Waals surface area contributed by atoms with Crippen LogP contribution in [0, 0.1) is 24.5 Å². The number of anilines is 1. The number of carbonyl (C=O) groups excluding carboxylic acids is 2. The number of aryl methyl sites for hydroxylation is 1. The van der Waals surface area contributed by atoms with Gasteiger partial charge in [0.2, 0.25) is 5.91 Å². The van der Waals surface area contributed by atoms with E-state index in [1.165, 1.54) is 4.90 Å². The minimum atomic E-state index is -0.771. The summed E-state index contributed by atoms with van der Waals surface area (Å²) in [6, 6.07) is 6.33. The molecule has 7 heteroatoms. The standard InChI is InChI=1S/C19H19F2N3O2/c1-12-4-7-17(22-10-12)23-18(25)13-3-2-8-24(11-13)19(26)15-9-14(20)5-6-16(15)21/h4-7,9-10,13H,2-3,8,11H2,1H3,(H,22,23,25). The molecule has 1 N–H and O–H groups in total. The molecule has 26 heavy (non-hydrogen) atoms. The molecule has 0 spiro atoms. The maximum Gasteiger partial charge on any atom is 0.256 e. The Hall–Kier alpha value is -2.83. The van der Waals surface area contributed by atoms with E-state index in [0.717, 1.165) is 23.8 Å². The number of nitrogens with one attached hydrogen (secondary N) is 1. The van der Waals surface area contributed by atoms with Crippen LogP contribution in [0.3, 0.4) is 0 Å². The maximum absolute atomic E-state index is 13.8. The Morgan fingerprint density at radius 2 is 2.04 bits per heavy atom. The Labute approximate surface area is 150 Å². The molecule has 1 fully saturated rings. The number of aromatic nitrogens is 1. The van der Waals surface area contributed by atoms with Gasteiger partial charge >= 0.3 is 0 Å². The van der Waals surface area contributed by atoms with Crippen molar-refractivity contribution in [1.29, 1.82) is 0 Å². The number of piperidine rings is 1. The van der Waals surface area contributed by atoms with Gasteiger partial charge in [-0.05, 0) is 49.6 Å². The Kier molecular flexibility index (Phi) is 5.25. The van der Waals surface area contributed by atoms with Gasteiger partial charge in [0.15, 0.2) is 0 Å². The number of benzene rings is 1. The lowest BCUT2D eigenvalue weighted by Crippen LogP contribution is -2.44. The molecule has 2 aromatic rings. The van der Waals surface area contributed by atoms with Gasteiger partial charge in [-0.1, -0.05) is 6.07 Å². The molecule has 5 nitrogen and oxygen atoms in total. The van der Waals surface area contributed by atoms with Crippen molar-refractivity contribution < 1.29 is 18.4 Å². The zero-order valence-corrected chi connectivity index (χ0v) is 14.3. The first-order chi connectivity index (χ1) is 12.4. The lowest BCUT2D eigenvalue weighted by Gasteiger charge is -2.32. The van der Waals surface area contributed by atoms with Crippen LogP contribution in [0.15, 0.2) is 36.5 Å². The fourth-order valence-corrected chi connectivity index (χ4v) is 2.98.